The van der Waals surface area contributed by atoms with E-state index >= 15 is 0 Å². The van der Waals surface area contributed by atoms with Gasteiger partial charge in [-0.3, -0.25) is 19.7 Å². The normalized spacial score (nSPS) is 10.4. The number of aryl methyl sites for hydroxylation is 3. The lowest BCUT2D eigenvalue weighted by Crippen LogP contribution is -2.35. The first kappa shape index (κ1) is 20.4. The van der Waals surface area contributed by atoms with Crippen LogP contribution in [-0.2, 0) is 4.79 Å². The molecule has 27 heavy (non-hydrogen) atoms. The molecule has 0 atom stereocenters. The first-order valence-electron chi connectivity index (χ1n) is 8.17. The number of hydrogen-bond acceptors (Lipinski definition) is 4. The Balaban J connectivity index is 2.14. The number of halogens is 1. The Morgan fingerprint density at radius 1 is 1.15 bits per heavy atom. The summed E-state index contributed by atoms with van der Waals surface area (Å²) in [4.78, 5) is 36.4. The van der Waals surface area contributed by atoms with Gasteiger partial charge in [-0.05, 0) is 38.0 Å². The summed E-state index contributed by atoms with van der Waals surface area (Å²) in [6, 6.07) is 7.53. The molecule has 0 bridgehead atoms. The van der Waals surface area contributed by atoms with E-state index in [2.05, 4.69) is 5.32 Å². The minimum Gasteiger partial charge on any atom is -0.332 e. The van der Waals surface area contributed by atoms with Crippen LogP contribution in [0.3, 0.4) is 0 Å². The van der Waals surface area contributed by atoms with Gasteiger partial charge in [-0.1, -0.05) is 29.3 Å². The van der Waals surface area contributed by atoms with E-state index in [1.807, 2.05) is 32.9 Å². The van der Waals surface area contributed by atoms with Gasteiger partial charge < -0.3 is 10.2 Å². The number of carbonyl (C=O) groups excluding carboxylic acids is 2. The van der Waals surface area contributed by atoms with Crippen LogP contribution >= 0.6 is 11.6 Å². The Labute approximate surface area is 162 Å². The molecule has 2 aromatic carbocycles. The van der Waals surface area contributed by atoms with Crippen molar-refractivity contribution in [1.29, 1.82) is 0 Å². The number of nitro benzene ring substituents is 1. The summed E-state index contributed by atoms with van der Waals surface area (Å²) in [6.07, 6.45) is 0. The minimum atomic E-state index is -0.608. The van der Waals surface area contributed by atoms with Crippen molar-refractivity contribution in [3.63, 3.8) is 0 Å². The molecule has 0 fully saturated rings. The van der Waals surface area contributed by atoms with Crippen LogP contribution in [0.4, 0.5) is 11.4 Å². The number of nitrogens with zero attached hydrogens (tertiary/aromatic N) is 2. The molecular formula is C19H20ClN3O4. The lowest BCUT2D eigenvalue weighted by atomic mass is 10.1. The fourth-order valence-corrected chi connectivity index (χ4v) is 3.04. The number of benzene rings is 2. The van der Waals surface area contributed by atoms with Crippen LogP contribution in [0.15, 0.2) is 30.3 Å². The molecule has 0 aliphatic rings. The Bertz CT molecular complexity index is 904. The highest BCUT2D eigenvalue weighted by molar-refractivity contribution is 6.34. The summed E-state index contributed by atoms with van der Waals surface area (Å²) in [6.45, 7) is 5.55. The summed E-state index contributed by atoms with van der Waals surface area (Å²) in [5.74, 6) is -0.946. The van der Waals surface area contributed by atoms with Gasteiger partial charge in [0.15, 0.2) is 0 Å². The molecule has 7 nitrogen and oxygen atoms in total. The largest absolute Gasteiger partial charge is 0.332 e. The maximum Gasteiger partial charge on any atom is 0.270 e. The third kappa shape index (κ3) is 4.83. The van der Waals surface area contributed by atoms with Gasteiger partial charge in [0.2, 0.25) is 5.91 Å². The molecule has 0 aromatic heterocycles. The number of likely N-dealkylation sites (N-methyl/N-ethyl adjacent to an activating group) is 1. The quantitative estimate of drug-likeness (QED) is 0.620. The third-order valence-electron chi connectivity index (χ3n) is 4.06. The first-order valence-corrected chi connectivity index (χ1v) is 8.55. The Morgan fingerprint density at radius 3 is 2.30 bits per heavy atom. The number of nitrogens with one attached hydrogen (secondary N) is 1. The van der Waals surface area contributed by atoms with E-state index in [9.17, 15) is 19.7 Å². The first-order chi connectivity index (χ1) is 12.6. The summed E-state index contributed by atoms with van der Waals surface area (Å²) in [5, 5.41) is 13.8. The second kappa shape index (κ2) is 8.18. The van der Waals surface area contributed by atoms with Crippen LogP contribution in [0.5, 0.6) is 0 Å². The van der Waals surface area contributed by atoms with Crippen molar-refractivity contribution in [1.82, 2.24) is 4.90 Å². The van der Waals surface area contributed by atoms with Gasteiger partial charge in [-0.15, -0.1) is 0 Å². The Morgan fingerprint density at radius 2 is 1.74 bits per heavy atom. The van der Waals surface area contributed by atoms with Crippen molar-refractivity contribution in [2.45, 2.75) is 20.8 Å². The van der Waals surface area contributed by atoms with E-state index < -0.39 is 10.8 Å². The monoisotopic (exact) mass is 389 g/mol. The highest BCUT2D eigenvalue weighted by Gasteiger charge is 2.21. The third-order valence-corrected chi connectivity index (χ3v) is 4.39. The van der Waals surface area contributed by atoms with E-state index in [1.165, 1.54) is 24.1 Å². The zero-order valence-corrected chi connectivity index (χ0v) is 16.3. The van der Waals surface area contributed by atoms with Crippen LogP contribution in [0.1, 0.15) is 27.0 Å². The van der Waals surface area contributed by atoms with E-state index in [0.29, 0.717) is 5.69 Å². The zero-order chi connectivity index (χ0) is 20.3. The lowest BCUT2D eigenvalue weighted by molar-refractivity contribution is -0.384. The smallest absolute Gasteiger partial charge is 0.270 e. The number of non-ortho nitro benzene ring substituents is 1. The highest BCUT2D eigenvalue weighted by atomic mass is 35.5. The number of nitro groups is 1. The molecule has 0 spiro atoms. The van der Waals surface area contributed by atoms with Crippen molar-refractivity contribution in [3.8, 4) is 0 Å². The molecule has 2 amide bonds. The van der Waals surface area contributed by atoms with E-state index in [4.69, 9.17) is 11.6 Å². The maximum atomic E-state index is 12.5. The minimum absolute atomic E-state index is 0.0242. The summed E-state index contributed by atoms with van der Waals surface area (Å²) < 4.78 is 0. The summed E-state index contributed by atoms with van der Waals surface area (Å²) in [5.41, 5.74) is 3.39. The van der Waals surface area contributed by atoms with Gasteiger partial charge >= 0.3 is 0 Å². The van der Waals surface area contributed by atoms with Crippen molar-refractivity contribution in [2.24, 2.45) is 0 Å². The van der Waals surface area contributed by atoms with Crippen LogP contribution in [0, 0.1) is 30.9 Å². The second-order valence-corrected chi connectivity index (χ2v) is 6.81. The number of carbonyl (C=O) groups is 2. The highest BCUT2D eigenvalue weighted by Crippen LogP contribution is 2.24. The van der Waals surface area contributed by atoms with Crippen molar-refractivity contribution < 1.29 is 14.5 Å². The van der Waals surface area contributed by atoms with Crippen molar-refractivity contribution in [2.75, 3.05) is 18.9 Å². The summed E-state index contributed by atoms with van der Waals surface area (Å²) in [7, 11) is 1.44. The molecule has 0 unspecified atom stereocenters. The zero-order valence-electron chi connectivity index (χ0n) is 15.5. The molecular weight excluding hydrogens is 370 g/mol. The van der Waals surface area contributed by atoms with Crippen molar-refractivity contribution in [3.05, 3.63) is 67.7 Å². The molecule has 0 heterocycles. The van der Waals surface area contributed by atoms with Crippen molar-refractivity contribution >= 4 is 34.8 Å². The predicted octanol–water partition coefficient (Wildman–Crippen LogP) is 3.88. The van der Waals surface area contributed by atoms with E-state index in [-0.39, 0.29) is 28.7 Å². The van der Waals surface area contributed by atoms with Crippen LogP contribution in [-0.4, -0.2) is 35.2 Å². The fourth-order valence-electron chi connectivity index (χ4n) is 2.84. The molecule has 0 aliphatic heterocycles. The standard InChI is InChI=1S/C19H20ClN3O4/c1-11-7-12(2)18(13(3)8-11)21-17(24)10-22(4)19(25)15-9-14(23(26)27)5-6-16(15)20/h5-9H,10H2,1-4H3,(H,21,24). The van der Waals surface area contributed by atoms with Crippen LogP contribution in [0.25, 0.3) is 0 Å². The maximum absolute atomic E-state index is 12.5. The molecule has 142 valence electrons. The van der Waals surface area contributed by atoms with E-state index in [1.54, 1.807) is 0 Å². The summed E-state index contributed by atoms with van der Waals surface area (Å²) >= 11 is 5.99. The molecule has 0 radical (unpaired) electrons. The average molecular weight is 390 g/mol. The molecule has 0 saturated heterocycles. The van der Waals surface area contributed by atoms with Gasteiger partial charge in [0, 0.05) is 24.9 Å². The van der Waals surface area contributed by atoms with Gasteiger partial charge in [0.05, 0.1) is 22.1 Å². The topological polar surface area (TPSA) is 92.6 Å². The number of hydrogen-bond donors (Lipinski definition) is 1. The lowest BCUT2D eigenvalue weighted by Gasteiger charge is -2.19. The van der Waals surface area contributed by atoms with Crippen LogP contribution in [0.2, 0.25) is 5.02 Å². The predicted molar refractivity (Wildman–Crippen MR) is 104 cm³/mol. The number of rotatable bonds is 5. The number of amides is 2. The molecule has 8 heteroatoms. The molecule has 2 rings (SSSR count). The Kier molecular flexibility index (Phi) is 6.17. The van der Waals surface area contributed by atoms with Crippen LogP contribution < -0.4 is 5.32 Å². The fraction of sp³-hybridized carbons (Fsp3) is 0.263. The molecule has 1 N–H and O–H groups in total. The molecule has 2 aromatic rings. The Hall–Kier alpha value is -2.93. The molecule has 0 saturated carbocycles. The molecule has 0 aliphatic carbocycles. The van der Waals surface area contributed by atoms with E-state index in [0.717, 1.165) is 22.8 Å². The SMILES string of the molecule is Cc1cc(C)c(NC(=O)CN(C)C(=O)c2cc([N+](=O)[O-])ccc2Cl)c(C)c1. The van der Waals surface area contributed by atoms with Gasteiger partial charge in [0.25, 0.3) is 11.6 Å². The van der Waals surface area contributed by atoms with Gasteiger partial charge in [-0.25, -0.2) is 0 Å². The second-order valence-electron chi connectivity index (χ2n) is 6.40. The average Bonchev–Trinajstić information content (AvgIpc) is 2.57. The number of anilines is 1. The van der Waals surface area contributed by atoms with Gasteiger partial charge in [0.1, 0.15) is 0 Å². The van der Waals surface area contributed by atoms with Gasteiger partial charge in [-0.2, -0.15) is 0 Å².